The summed E-state index contributed by atoms with van der Waals surface area (Å²) < 4.78 is 29.3. The molecule has 1 aromatic heterocycles. The highest BCUT2D eigenvalue weighted by atomic mass is 19.1. The fourth-order valence-corrected chi connectivity index (χ4v) is 1.83. The molecule has 5 heteroatoms. The van der Waals surface area contributed by atoms with Gasteiger partial charge in [0.1, 0.15) is 23.9 Å². The molecule has 1 aromatic carbocycles. The van der Waals surface area contributed by atoms with E-state index in [1.807, 2.05) is 6.92 Å². The minimum absolute atomic E-state index is 0.171. The minimum Gasteiger partial charge on any atom is -0.493 e. The first-order valence-corrected chi connectivity index (χ1v) is 6.10. The lowest BCUT2D eigenvalue weighted by atomic mass is 10.2. The highest BCUT2D eigenvalue weighted by Crippen LogP contribution is 2.30. The molecule has 0 amide bonds. The summed E-state index contributed by atoms with van der Waals surface area (Å²) in [6.07, 6.45) is 1.61. The number of nitrogens with zero attached hydrogens (tertiary/aromatic N) is 1. The number of hydrogen-bond donors (Lipinski definition) is 0. The van der Waals surface area contributed by atoms with E-state index < -0.39 is 0 Å². The van der Waals surface area contributed by atoms with Crippen LogP contribution in [0.25, 0.3) is 0 Å². The van der Waals surface area contributed by atoms with Crippen LogP contribution in [0.15, 0.2) is 30.5 Å². The summed E-state index contributed by atoms with van der Waals surface area (Å²) in [6, 6.07) is 6.12. The number of pyridine rings is 1. The molecule has 0 spiro atoms. The van der Waals surface area contributed by atoms with Gasteiger partial charge >= 0.3 is 0 Å². The summed E-state index contributed by atoms with van der Waals surface area (Å²) in [5, 5.41) is 0. The van der Waals surface area contributed by atoms with Gasteiger partial charge in [0, 0.05) is 18.3 Å². The van der Waals surface area contributed by atoms with Crippen LogP contribution in [-0.2, 0) is 6.61 Å². The molecule has 0 radical (unpaired) electrons. The molecule has 0 unspecified atom stereocenters. The molecule has 4 nitrogen and oxygen atoms in total. The molecule has 0 atom stereocenters. The first-order chi connectivity index (χ1) is 9.65. The molecule has 0 saturated heterocycles. The quantitative estimate of drug-likeness (QED) is 0.842. The van der Waals surface area contributed by atoms with Crippen molar-refractivity contribution in [1.82, 2.24) is 4.98 Å². The molecule has 2 rings (SSSR count). The van der Waals surface area contributed by atoms with Crippen LogP contribution < -0.4 is 14.2 Å². The van der Waals surface area contributed by atoms with Gasteiger partial charge in [-0.15, -0.1) is 0 Å². The fourth-order valence-electron chi connectivity index (χ4n) is 1.83. The van der Waals surface area contributed by atoms with Gasteiger partial charge in [-0.1, -0.05) is 6.07 Å². The van der Waals surface area contributed by atoms with E-state index in [1.165, 1.54) is 19.2 Å². The van der Waals surface area contributed by atoms with Crippen LogP contribution in [0.4, 0.5) is 4.39 Å². The standard InChI is InChI=1S/C15H16FNO3/c1-10-4-5-11(16)8-14(10)20-9-12-15(19-3)13(18-2)6-7-17-12/h4-8H,9H2,1-3H3. The molecule has 2 aromatic rings. The van der Waals surface area contributed by atoms with Gasteiger partial charge in [-0.2, -0.15) is 0 Å². The Bertz CT molecular complexity index is 602. The SMILES string of the molecule is COc1ccnc(COc2cc(F)ccc2C)c1OC. The maximum absolute atomic E-state index is 13.2. The van der Waals surface area contributed by atoms with Crippen molar-refractivity contribution in [2.45, 2.75) is 13.5 Å². The molecular formula is C15H16FNO3. The van der Waals surface area contributed by atoms with E-state index in [0.29, 0.717) is 22.9 Å². The number of ether oxygens (including phenoxy) is 3. The largest absolute Gasteiger partial charge is 0.493 e. The molecular weight excluding hydrogens is 261 g/mol. The van der Waals surface area contributed by atoms with Crippen LogP contribution in [0.2, 0.25) is 0 Å². The van der Waals surface area contributed by atoms with E-state index in [4.69, 9.17) is 14.2 Å². The molecule has 106 valence electrons. The number of methoxy groups -OCH3 is 2. The second kappa shape index (κ2) is 6.23. The Labute approximate surface area is 117 Å². The number of benzene rings is 1. The average Bonchev–Trinajstić information content (AvgIpc) is 2.47. The average molecular weight is 277 g/mol. The summed E-state index contributed by atoms with van der Waals surface area (Å²) in [6.45, 7) is 2.02. The molecule has 0 fully saturated rings. The third kappa shape index (κ3) is 2.99. The van der Waals surface area contributed by atoms with Gasteiger partial charge in [-0.05, 0) is 18.6 Å². The van der Waals surface area contributed by atoms with E-state index in [2.05, 4.69) is 4.98 Å². The smallest absolute Gasteiger partial charge is 0.185 e. The Morgan fingerprint density at radius 1 is 1.10 bits per heavy atom. The predicted molar refractivity (Wildman–Crippen MR) is 72.8 cm³/mol. The van der Waals surface area contributed by atoms with Crippen LogP contribution >= 0.6 is 0 Å². The first kappa shape index (κ1) is 14.1. The van der Waals surface area contributed by atoms with Crippen molar-refractivity contribution < 1.29 is 18.6 Å². The van der Waals surface area contributed by atoms with Gasteiger partial charge in [0.15, 0.2) is 11.5 Å². The summed E-state index contributed by atoms with van der Waals surface area (Å²) in [4.78, 5) is 4.20. The van der Waals surface area contributed by atoms with Gasteiger partial charge in [-0.25, -0.2) is 4.39 Å². The summed E-state index contributed by atoms with van der Waals surface area (Å²) in [5.41, 5.74) is 1.45. The lowest BCUT2D eigenvalue weighted by molar-refractivity contribution is 0.282. The number of rotatable bonds is 5. The Hall–Kier alpha value is -2.30. The summed E-state index contributed by atoms with van der Waals surface area (Å²) in [7, 11) is 3.09. The lowest BCUT2D eigenvalue weighted by Crippen LogP contribution is -2.04. The van der Waals surface area contributed by atoms with Crippen molar-refractivity contribution in [1.29, 1.82) is 0 Å². The molecule has 1 heterocycles. The Morgan fingerprint density at radius 2 is 1.90 bits per heavy atom. The van der Waals surface area contributed by atoms with E-state index in [9.17, 15) is 4.39 Å². The van der Waals surface area contributed by atoms with Crippen LogP contribution in [0.3, 0.4) is 0 Å². The van der Waals surface area contributed by atoms with Crippen molar-refractivity contribution in [3.63, 3.8) is 0 Å². The monoisotopic (exact) mass is 277 g/mol. The number of aryl methyl sites for hydroxylation is 1. The van der Waals surface area contributed by atoms with E-state index in [1.54, 1.807) is 25.4 Å². The van der Waals surface area contributed by atoms with Crippen molar-refractivity contribution in [2.75, 3.05) is 14.2 Å². The Balaban J connectivity index is 2.20. The zero-order valence-electron chi connectivity index (χ0n) is 11.6. The van der Waals surface area contributed by atoms with Gasteiger partial charge in [0.05, 0.1) is 14.2 Å². The van der Waals surface area contributed by atoms with Crippen molar-refractivity contribution in [3.8, 4) is 17.2 Å². The van der Waals surface area contributed by atoms with Gasteiger partial charge in [0.2, 0.25) is 0 Å². The van der Waals surface area contributed by atoms with Gasteiger partial charge < -0.3 is 14.2 Å². The Morgan fingerprint density at radius 3 is 2.60 bits per heavy atom. The number of halogens is 1. The number of hydrogen-bond acceptors (Lipinski definition) is 4. The third-order valence-electron chi connectivity index (χ3n) is 2.88. The number of aromatic nitrogens is 1. The zero-order valence-corrected chi connectivity index (χ0v) is 11.6. The minimum atomic E-state index is -0.337. The lowest BCUT2D eigenvalue weighted by Gasteiger charge is -2.13. The molecule has 20 heavy (non-hydrogen) atoms. The highest BCUT2D eigenvalue weighted by Gasteiger charge is 2.12. The van der Waals surface area contributed by atoms with E-state index in [-0.39, 0.29) is 12.4 Å². The fraction of sp³-hybridized carbons (Fsp3) is 0.267. The summed E-state index contributed by atoms with van der Waals surface area (Å²) >= 11 is 0. The topological polar surface area (TPSA) is 40.6 Å². The van der Waals surface area contributed by atoms with Crippen molar-refractivity contribution in [2.24, 2.45) is 0 Å². The zero-order chi connectivity index (χ0) is 14.5. The maximum Gasteiger partial charge on any atom is 0.185 e. The molecule has 0 aliphatic heterocycles. The molecule has 0 aliphatic rings. The van der Waals surface area contributed by atoms with Gasteiger partial charge in [-0.3, -0.25) is 4.98 Å². The van der Waals surface area contributed by atoms with Crippen LogP contribution in [0.1, 0.15) is 11.3 Å². The third-order valence-corrected chi connectivity index (χ3v) is 2.88. The molecule has 0 bridgehead atoms. The molecule has 0 saturated carbocycles. The first-order valence-electron chi connectivity index (χ1n) is 6.10. The van der Waals surface area contributed by atoms with Crippen molar-refractivity contribution >= 4 is 0 Å². The molecule has 0 aliphatic carbocycles. The second-order valence-electron chi connectivity index (χ2n) is 4.19. The van der Waals surface area contributed by atoms with Crippen LogP contribution in [-0.4, -0.2) is 19.2 Å². The van der Waals surface area contributed by atoms with E-state index in [0.717, 1.165) is 5.56 Å². The van der Waals surface area contributed by atoms with Crippen molar-refractivity contribution in [3.05, 3.63) is 47.5 Å². The summed E-state index contributed by atoms with van der Waals surface area (Å²) in [5.74, 6) is 1.24. The predicted octanol–water partition coefficient (Wildman–Crippen LogP) is 3.13. The van der Waals surface area contributed by atoms with Crippen LogP contribution in [0.5, 0.6) is 17.2 Å². The Kier molecular flexibility index (Phi) is 4.40. The van der Waals surface area contributed by atoms with Crippen LogP contribution in [0, 0.1) is 12.7 Å². The molecule has 0 N–H and O–H groups in total. The van der Waals surface area contributed by atoms with E-state index >= 15 is 0 Å². The van der Waals surface area contributed by atoms with Gasteiger partial charge in [0.25, 0.3) is 0 Å². The second-order valence-corrected chi connectivity index (χ2v) is 4.19. The normalized spacial score (nSPS) is 10.2. The maximum atomic E-state index is 13.2. The highest BCUT2D eigenvalue weighted by molar-refractivity contribution is 5.42.